The van der Waals surface area contributed by atoms with Crippen LogP contribution in [0, 0.1) is 5.92 Å². The van der Waals surface area contributed by atoms with Crippen LogP contribution < -0.4 is 4.74 Å². The molecule has 2 bridgehead atoms. The van der Waals surface area contributed by atoms with Crippen LogP contribution in [0.1, 0.15) is 25.3 Å². The lowest BCUT2D eigenvalue weighted by Gasteiger charge is -2.33. The van der Waals surface area contributed by atoms with Crippen LogP contribution in [0.25, 0.3) is 0 Å². The summed E-state index contributed by atoms with van der Waals surface area (Å²) in [5, 5.41) is 0. The summed E-state index contributed by atoms with van der Waals surface area (Å²) in [4.78, 5) is 17.0. The van der Waals surface area contributed by atoms with Crippen LogP contribution in [-0.2, 0) is 11.2 Å². The lowest BCUT2D eigenvalue weighted by molar-refractivity contribution is -0.134. The molecule has 2 fully saturated rings. The average Bonchev–Trinajstić information content (AvgIpc) is 2.85. The molecule has 21 heavy (non-hydrogen) atoms. The van der Waals surface area contributed by atoms with E-state index >= 15 is 0 Å². The summed E-state index contributed by atoms with van der Waals surface area (Å²) < 4.78 is 5.43. The van der Waals surface area contributed by atoms with Crippen LogP contribution in [0.2, 0.25) is 0 Å². The number of likely N-dealkylation sites (tertiary alicyclic amines) is 2. The molecular weight excluding hydrogens is 264 g/mol. The Labute approximate surface area is 126 Å². The molecule has 4 nitrogen and oxygen atoms in total. The monoisotopic (exact) mass is 288 g/mol. The molecule has 114 valence electrons. The zero-order valence-electron chi connectivity index (χ0n) is 12.9. The van der Waals surface area contributed by atoms with Gasteiger partial charge in [-0.1, -0.05) is 12.1 Å². The van der Waals surface area contributed by atoms with Gasteiger partial charge in [0.2, 0.25) is 5.91 Å². The fraction of sp³-hybridized carbons (Fsp3) is 0.588. The minimum atomic E-state index is 0.250. The number of rotatable bonds is 4. The Balaban J connectivity index is 1.63. The summed E-state index contributed by atoms with van der Waals surface area (Å²) in [6, 6.07) is 7.88. The van der Waals surface area contributed by atoms with Crippen molar-refractivity contribution in [2.24, 2.45) is 5.92 Å². The third kappa shape index (κ3) is 3.05. The number of ether oxygens (including phenoxy) is 1. The molecule has 2 atom stereocenters. The molecule has 0 spiro atoms. The molecule has 3 rings (SSSR count). The first kappa shape index (κ1) is 14.4. The molecule has 1 aromatic carbocycles. The number of hydrogen-bond donors (Lipinski definition) is 0. The van der Waals surface area contributed by atoms with E-state index in [4.69, 9.17) is 4.74 Å². The molecular formula is C17H24N2O2. The van der Waals surface area contributed by atoms with Gasteiger partial charge in [-0.3, -0.25) is 9.69 Å². The van der Waals surface area contributed by atoms with E-state index in [9.17, 15) is 4.79 Å². The molecule has 2 unspecified atom stereocenters. The van der Waals surface area contributed by atoms with Crippen molar-refractivity contribution >= 4 is 5.91 Å². The highest BCUT2D eigenvalue weighted by atomic mass is 16.5. The predicted octanol–water partition coefficient (Wildman–Crippen LogP) is 2.14. The number of fused-ring (bicyclic) bond motifs is 2. The summed E-state index contributed by atoms with van der Waals surface area (Å²) in [6.07, 6.45) is 3.17. The zero-order chi connectivity index (χ0) is 14.8. The Bertz CT molecular complexity index is 500. The first-order valence-corrected chi connectivity index (χ1v) is 7.89. The fourth-order valence-electron chi connectivity index (χ4n) is 3.48. The van der Waals surface area contributed by atoms with Crippen molar-refractivity contribution in [3.05, 3.63) is 29.8 Å². The van der Waals surface area contributed by atoms with Gasteiger partial charge in [0.15, 0.2) is 0 Å². The Morgan fingerprint density at radius 1 is 1.33 bits per heavy atom. The Morgan fingerprint density at radius 3 is 2.81 bits per heavy atom. The largest absolute Gasteiger partial charge is 0.494 e. The molecule has 0 aliphatic carbocycles. The first-order chi connectivity index (χ1) is 10.2. The van der Waals surface area contributed by atoms with Crippen LogP contribution in [-0.4, -0.2) is 48.6 Å². The number of piperidine rings is 1. The standard InChI is InChI=1S/C17H24N2O2/c1-3-21-15-6-4-13(5-7-15)11-17(20)19-12-14-8-9-18(2)16(19)10-14/h4-7,14,16H,3,8-12H2,1-2H3. The predicted molar refractivity (Wildman–Crippen MR) is 82.2 cm³/mol. The average molecular weight is 288 g/mol. The zero-order valence-corrected chi connectivity index (χ0v) is 12.9. The van der Waals surface area contributed by atoms with E-state index in [-0.39, 0.29) is 5.91 Å². The smallest absolute Gasteiger partial charge is 0.228 e. The minimum Gasteiger partial charge on any atom is -0.494 e. The second-order valence-corrected chi connectivity index (χ2v) is 6.15. The molecule has 0 aromatic heterocycles. The lowest BCUT2D eigenvalue weighted by atomic mass is 10.00. The van der Waals surface area contributed by atoms with Crippen LogP contribution in [0.5, 0.6) is 5.75 Å². The maximum atomic E-state index is 12.6. The molecule has 2 aliphatic heterocycles. The lowest BCUT2D eigenvalue weighted by Crippen LogP contribution is -2.46. The van der Waals surface area contributed by atoms with Crippen molar-refractivity contribution in [2.75, 3.05) is 26.7 Å². The Hall–Kier alpha value is -1.55. The number of carbonyl (C=O) groups is 1. The van der Waals surface area contributed by atoms with Crippen LogP contribution in [0.4, 0.5) is 0 Å². The van der Waals surface area contributed by atoms with Gasteiger partial charge in [-0.2, -0.15) is 0 Å². The van der Waals surface area contributed by atoms with Crippen molar-refractivity contribution in [1.29, 1.82) is 0 Å². The second-order valence-electron chi connectivity index (χ2n) is 6.15. The van der Waals surface area contributed by atoms with Crippen LogP contribution in [0.3, 0.4) is 0 Å². The highest BCUT2D eigenvalue weighted by molar-refractivity contribution is 5.79. The number of carbonyl (C=O) groups excluding carboxylic acids is 1. The molecule has 0 radical (unpaired) electrons. The van der Waals surface area contributed by atoms with E-state index in [0.29, 0.717) is 25.1 Å². The first-order valence-electron chi connectivity index (χ1n) is 7.89. The SMILES string of the molecule is CCOc1ccc(CC(=O)N2CC3CCN(C)C2C3)cc1. The van der Waals surface area contributed by atoms with Gasteiger partial charge in [0.05, 0.1) is 19.2 Å². The fourth-order valence-corrected chi connectivity index (χ4v) is 3.48. The van der Waals surface area contributed by atoms with Gasteiger partial charge in [0, 0.05) is 13.1 Å². The molecule has 0 saturated carbocycles. The molecule has 4 heteroatoms. The maximum absolute atomic E-state index is 12.6. The van der Waals surface area contributed by atoms with Gasteiger partial charge in [-0.25, -0.2) is 0 Å². The van der Waals surface area contributed by atoms with E-state index in [0.717, 1.165) is 30.8 Å². The van der Waals surface area contributed by atoms with Crippen LogP contribution in [0.15, 0.2) is 24.3 Å². The Kier molecular flexibility index (Phi) is 4.15. The summed E-state index contributed by atoms with van der Waals surface area (Å²) in [5.74, 6) is 1.82. The Morgan fingerprint density at radius 2 is 2.10 bits per heavy atom. The second kappa shape index (κ2) is 6.06. The quantitative estimate of drug-likeness (QED) is 0.851. The molecule has 0 N–H and O–H groups in total. The van der Waals surface area contributed by atoms with Gasteiger partial charge < -0.3 is 9.64 Å². The summed E-state index contributed by atoms with van der Waals surface area (Å²) in [6.45, 7) is 4.69. The van der Waals surface area contributed by atoms with Crippen molar-refractivity contribution in [3.63, 3.8) is 0 Å². The summed E-state index contributed by atoms with van der Waals surface area (Å²) >= 11 is 0. The van der Waals surface area contributed by atoms with Gasteiger partial charge in [0.1, 0.15) is 5.75 Å². The van der Waals surface area contributed by atoms with Crippen LogP contribution >= 0.6 is 0 Å². The number of amides is 1. The van der Waals surface area contributed by atoms with E-state index < -0.39 is 0 Å². The van der Waals surface area contributed by atoms with Crippen molar-refractivity contribution in [2.45, 2.75) is 32.4 Å². The molecule has 1 amide bonds. The van der Waals surface area contributed by atoms with Gasteiger partial charge >= 0.3 is 0 Å². The maximum Gasteiger partial charge on any atom is 0.228 e. The summed E-state index contributed by atoms with van der Waals surface area (Å²) in [5.41, 5.74) is 1.06. The topological polar surface area (TPSA) is 32.8 Å². The van der Waals surface area contributed by atoms with E-state index in [1.54, 1.807) is 0 Å². The molecule has 1 aromatic rings. The van der Waals surface area contributed by atoms with E-state index in [2.05, 4.69) is 16.8 Å². The third-order valence-electron chi connectivity index (χ3n) is 4.67. The van der Waals surface area contributed by atoms with Crippen molar-refractivity contribution < 1.29 is 9.53 Å². The number of hydrogen-bond acceptors (Lipinski definition) is 3. The third-order valence-corrected chi connectivity index (χ3v) is 4.67. The summed E-state index contributed by atoms with van der Waals surface area (Å²) in [7, 11) is 2.13. The van der Waals surface area contributed by atoms with Crippen molar-refractivity contribution in [1.82, 2.24) is 9.80 Å². The van der Waals surface area contributed by atoms with Gasteiger partial charge in [-0.05, 0) is 50.4 Å². The normalized spacial score (nSPS) is 25.1. The van der Waals surface area contributed by atoms with Gasteiger partial charge in [0.25, 0.3) is 0 Å². The molecule has 2 saturated heterocycles. The highest BCUT2D eigenvalue weighted by Crippen LogP contribution is 2.32. The molecule has 2 aliphatic rings. The van der Waals surface area contributed by atoms with E-state index in [1.165, 1.54) is 6.42 Å². The number of benzene rings is 1. The van der Waals surface area contributed by atoms with Gasteiger partial charge in [-0.15, -0.1) is 0 Å². The van der Waals surface area contributed by atoms with E-state index in [1.807, 2.05) is 31.2 Å². The molecule has 2 heterocycles. The number of nitrogens with zero attached hydrogens (tertiary/aromatic N) is 2. The minimum absolute atomic E-state index is 0.250. The van der Waals surface area contributed by atoms with Crippen molar-refractivity contribution in [3.8, 4) is 5.75 Å². The highest BCUT2D eigenvalue weighted by Gasteiger charge is 2.40.